The van der Waals surface area contributed by atoms with Crippen LogP contribution in [0.15, 0.2) is 36.4 Å². The van der Waals surface area contributed by atoms with Gasteiger partial charge in [0.05, 0.1) is 40.4 Å². The van der Waals surface area contributed by atoms with Crippen molar-refractivity contribution in [2.24, 2.45) is 0 Å². The predicted molar refractivity (Wildman–Crippen MR) is 122 cm³/mol. The van der Waals surface area contributed by atoms with Crippen LogP contribution in [0.2, 0.25) is 0 Å². The molecule has 0 saturated carbocycles. The van der Waals surface area contributed by atoms with Crippen molar-refractivity contribution >= 4 is 23.8 Å². The highest BCUT2D eigenvalue weighted by molar-refractivity contribution is 6.02. The van der Waals surface area contributed by atoms with Crippen LogP contribution in [0.3, 0.4) is 0 Å². The maximum atomic E-state index is 13.5. The molecule has 2 heterocycles. The van der Waals surface area contributed by atoms with Crippen molar-refractivity contribution in [1.29, 1.82) is 0 Å². The Morgan fingerprint density at radius 3 is 2.26 bits per heavy atom. The summed E-state index contributed by atoms with van der Waals surface area (Å²) in [4.78, 5) is 55.0. The average molecular weight is 482 g/mol. The van der Waals surface area contributed by atoms with E-state index in [1.54, 1.807) is 30.3 Å². The van der Waals surface area contributed by atoms with Crippen molar-refractivity contribution in [2.75, 3.05) is 41.5 Å². The Hall–Kier alpha value is -4.08. The highest BCUT2D eigenvalue weighted by atomic mass is 16.5. The molecule has 1 fully saturated rings. The van der Waals surface area contributed by atoms with Gasteiger partial charge in [0.15, 0.2) is 0 Å². The van der Waals surface area contributed by atoms with Crippen LogP contribution in [0.25, 0.3) is 0 Å². The molecule has 1 saturated heterocycles. The Bertz CT molecular complexity index is 1190. The lowest BCUT2D eigenvalue weighted by atomic mass is 9.86. The van der Waals surface area contributed by atoms with Crippen LogP contribution in [0.4, 0.5) is 0 Å². The molecule has 2 atom stereocenters. The van der Waals surface area contributed by atoms with Crippen LogP contribution in [-0.4, -0.2) is 81.2 Å². The molecule has 0 spiro atoms. The van der Waals surface area contributed by atoms with Crippen LogP contribution < -0.4 is 9.47 Å². The van der Waals surface area contributed by atoms with E-state index in [2.05, 4.69) is 0 Å². The molecule has 2 unspecified atom stereocenters. The van der Waals surface area contributed by atoms with Gasteiger partial charge in [-0.25, -0.2) is 4.79 Å². The summed E-state index contributed by atoms with van der Waals surface area (Å²) >= 11 is 0. The van der Waals surface area contributed by atoms with Crippen LogP contribution >= 0.6 is 0 Å². The molecule has 4 rings (SSSR count). The molecule has 2 amide bonds. The second-order valence-corrected chi connectivity index (χ2v) is 8.14. The summed E-state index contributed by atoms with van der Waals surface area (Å²) in [5, 5.41) is 0. The number of methoxy groups -OCH3 is 4. The van der Waals surface area contributed by atoms with Gasteiger partial charge in [0, 0.05) is 18.7 Å². The van der Waals surface area contributed by atoms with E-state index < -0.39 is 24.0 Å². The number of amides is 2. The quantitative estimate of drug-likeness (QED) is 0.571. The zero-order chi connectivity index (χ0) is 25.3. The van der Waals surface area contributed by atoms with Crippen LogP contribution in [-0.2, 0) is 25.5 Å². The summed E-state index contributed by atoms with van der Waals surface area (Å²) in [7, 11) is 5.49. The average Bonchev–Trinajstić information content (AvgIpc) is 3.33. The van der Waals surface area contributed by atoms with Crippen molar-refractivity contribution in [1.82, 2.24) is 9.80 Å². The molecular weight excluding hydrogens is 456 g/mol. The molecule has 2 aromatic rings. The number of carbonyl (C=O) groups excluding carboxylic acids is 4. The standard InChI is InChI=1S/C25H26N2O8/c1-32-15-6-5-14(18(12-15)24(30)34-3)11-20(28)26-9-10-27-22(26)21(25(31)35-4)17-8-7-16(33-2)13-19(17)23(27)29/h5-8,12-13,21-22H,9-11H2,1-4H3. The number of fused-ring (bicyclic) bond motifs is 2. The summed E-state index contributed by atoms with van der Waals surface area (Å²) in [6.45, 7) is 0.490. The number of carbonyl (C=O) groups is 4. The molecule has 2 aromatic carbocycles. The van der Waals surface area contributed by atoms with Gasteiger partial charge in [0.25, 0.3) is 5.91 Å². The number of hydrogen-bond donors (Lipinski definition) is 0. The normalized spacial score (nSPS) is 18.5. The first-order valence-corrected chi connectivity index (χ1v) is 11.0. The molecule has 184 valence electrons. The molecule has 0 aliphatic carbocycles. The fourth-order valence-electron chi connectivity index (χ4n) is 4.71. The number of nitrogens with zero attached hydrogens (tertiary/aromatic N) is 2. The zero-order valence-electron chi connectivity index (χ0n) is 19.9. The number of rotatable bonds is 6. The fraction of sp³-hybridized carbons (Fsp3) is 0.360. The van der Waals surface area contributed by atoms with Crippen molar-refractivity contribution < 1.29 is 38.1 Å². The number of hydrogen-bond acceptors (Lipinski definition) is 8. The molecule has 2 aliphatic heterocycles. The van der Waals surface area contributed by atoms with Crippen molar-refractivity contribution in [2.45, 2.75) is 18.5 Å². The van der Waals surface area contributed by atoms with Crippen molar-refractivity contribution in [3.05, 3.63) is 58.7 Å². The third-order valence-corrected chi connectivity index (χ3v) is 6.44. The second kappa shape index (κ2) is 9.65. The molecule has 10 heteroatoms. The van der Waals surface area contributed by atoms with Gasteiger partial charge in [-0.15, -0.1) is 0 Å². The topological polar surface area (TPSA) is 112 Å². The molecule has 10 nitrogen and oxygen atoms in total. The summed E-state index contributed by atoms with van der Waals surface area (Å²) in [5.74, 6) is -1.74. The summed E-state index contributed by atoms with van der Waals surface area (Å²) in [6, 6.07) is 9.70. The minimum absolute atomic E-state index is 0.129. The van der Waals surface area contributed by atoms with Gasteiger partial charge in [0.1, 0.15) is 23.6 Å². The first kappa shape index (κ1) is 24.1. The van der Waals surface area contributed by atoms with Crippen molar-refractivity contribution in [3.63, 3.8) is 0 Å². The lowest BCUT2D eigenvalue weighted by molar-refractivity contribution is -0.147. The van der Waals surface area contributed by atoms with Crippen LogP contribution in [0, 0.1) is 0 Å². The summed E-state index contributed by atoms with van der Waals surface area (Å²) in [6.07, 6.45) is -0.973. The van der Waals surface area contributed by atoms with Gasteiger partial charge < -0.3 is 28.7 Å². The lowest BCUT2D eigenvalue weighted by Gasteiger charge is -2.39. The molecule has 0 aromatic heterocycles. The smallest absolute Gasteiger partial charge is 0.338 e. The minimum Gasteiger partial charge on any atom is -0.497 e. The maximum Gasteiger partial charge on any atom is 0.338 e. The van der Waals surface area contributed by atoms with E-state index in [9.17, 15) is 19.2 Å². The fourth-order valence-corrected chi connectivity index (χ4v) is 4.71. The van der Waals surface area contributed by atoms with Gasteiger partial charge in [-0.2, -0.15) is 0 Å². The largest absolute Gasteiger partial charge is 0.497 e. The Morgan fingerprint density at radius 2 is 1.60 bits per heavy atom. The second-order valence-electron chi connectivity index (χ2n) is 8.14. The zero-order valence-corrected chi connectivity index (χ0v) is 19.9. The van der Waals surface area contributed by atoms with E-state index in [0.717, 1.165) is 0 Å². The predicted octanol–water partition coefficient (Wildman–Crippen LogP) is 1.61. The number of esters is 2. The Balaban J connectivity index is 1.70. The van der Waals surface area contributed by atoms with E-state index in [1.165, 1.54) is 44.3 Å². The van der Waals surface area contributed by atoms with Gasteiger partial charge >= 0.3 is 11.9 Å². The third-order valence-electron chi connectivity index (χ3n) is 6.44. The third kappa shape index (κ3) is 4.16. The molecule has 0 N–H and O–H groups in total. The molecule has 35 heavy (non-hydrogen) atoms. The van der Waals surface area contributed by atoms with E-state index in [1.807, 2.05) is 0 Å². The minimum atomic E-state index is -0.888. The van der Waals surface area contributed by atoms with Gasteiger partial charge in [-0.1, -0.05) is 12.1 Å². The van der Waals surface area contributed by atoms with E-state index in [4.69, 9.17) is 18.9 Å². The van der Waals surface area contributed by atoms with E-state index in [0.29, 0.717) is 28.2 Å². The highest BCUT2D eigenvalue weighted by Crippen LogP contribution is 2.40. The van der Waals surface area contributed by atoms with E-state index in [-0.39, 0.29) is 36.9 Å². The Labute approximate surface area is 202 Å². The number of benzene rings is 2. The molecule has 2 aliphatic rings. The van der Waals surface area contributed by atoms with Gasteiger partial charge in [-0.3, -0.25) is 14.4 Å². The molecule has 0 bridgehead atoms. The van der Waals surface area contributed by atoms with Crippen molar-refractivity contribution in [3.8, 4) is 11.5 Å². The molecular formula is C25H26N2O8. The first-order chi connectivity index (χ1) is 16.8. The summed E-state index contributed by atoms with van der Waals surface area (Å²) in [5.41, 5.74) is 1.47. The highest BCUT2D eigenvalue weighted by Gasteiger charge is 2.51. The Kier molecular flexibility index (Phi) is 6.63. The van der Waals surface area contributed by atoms with E-state index >= 15 is 0 Å². The van der Waals surface area contributed by atoms with Gasteiger partial charge in [-0.05, 0) is 35.4 Å². The first-order valence-electron chi connectivity index (χ1n) is 11.0. The SMILES string of the molecule is COC(=O)c1cc(OC)ccc1CC(=O)N1CCN2C(=O)c3cc(OC)ccc3C(C(=O)OC)C12. The summed E-state index contributed by atoms with van der Waals surface area (Å²) < 4.78 is 20.4. The lowest BCUT2D eigenvalue weighted by Crippen LogP contribution is -2.54. The Morgan fingerprint density at radius 1 is 0.914 bits per heavy atom. The molecule has 0 radical (unpaired) electrons. The van der Waals surface area contributed by atoms with Crippen LogP contribution in [0.1, 0.15) is 37.8 Å². The monoisotopic (exact) mass is 482 g/mol. The maximum absolute atomic E-state index is 13.5. The number of ether oxygens (including phenoxy) is 4. The van der Waals surface area contributed by atoms with Crippen LogP contribution in [0.5, 0.6) is 11.5 Å². The van der Waals surface area contributed by atoms with Gasteiger partial charge in [0.2, 0.25) is 5.91 Å².